The van der Waals surface area contributed by atoms with Crippen LogP contribution in [0, 0.1) is 6.92 Å². The third-order valence-corrected chi connectivity index (χ3v) is 2.02. The van der Waals surface area contributed by atoms with E-state index in [1.807, 2.05) is 0 Å². The van der Waals surface area contributed by atoms with Gasteiger partial charge in [-0.05, 0) is 6.92 Å². The summed E-state index contributed by atoms with van der Waals surface area (Å²) in [7, 11) is 1.26. The molecule has 0 aliphatic carbocycles. The van der Waals surface area contributed by atoms with E-state index in [1.54, 1.807) is 13.0 Å². The fraction of sp³-hybridized carbons (Fsp3) is 0.455. The van der Waals surface area contributed by atoms with Crippen LogP contribution in [0.5, 0.6) is 0 Å². The maximum absolute atomic E-state index is 11.3. The molecule has 1 aromatic heterocycles. The van der Waals surface area contributed by atoms with Crippen molar-refractivity contribution in [1.82, 2.24) is 9.97 Å². The zero-order chi connectivity index (χ0) is 14.3. The summed E-state index contributed by atoms with van der Waals surface area (Å²) in [6, 6.07) is 1.68. The molecule has 0 fully saturated rings. The molecule has 0 aromatic carbocycles. The van der Waals surface area contributed by atoms with E-state index >= 15 is 0 Å². The number of hydrogen-bond donors (Lipinski definition) is 2. The molecule has 0 spiro atoms. The van der Waals surface area contributed by atoms with Gasteiger partial charge in [0, 0.05) is 18.3 Å². The number of anilines is 1. The highest BCUT2D eigenvalue weighted by molar-refractivity contribution is 5.85. The molecule has 0 saturated carbocycles. The number of carbonyl (C=O) groups is 2. The Labute approximate surface area is 110 Å². The van der Waals surface area contributed by atoms with Gasteiger partial charge in [0.05, 0.1) is 13.7 Å². The second-order valence-electron chi connectivity index (χ2n) is 3.66. The van der Waals surface area contributed by atoms with E-state index in [-0.39, 0.29) is 12.4 Å². The lowest BCUT2D eigenvalue weighted by molar-refractivity contribution is -0.122. The van der Waals surface area contributed by atoms with E-state index < -0.39 is 11.9 Å². The van der Waals surface area contributed by atoms with Gasteiger partial charge in [-0.2, -0.15) is 0 Å². The van der Waals surface area contributed by atoms with Gasteiger partial charge in [-0.25, -0.2) is 14.8 Å². The molecule has 104 valence electrons. The van der Waals surface area contributed by atoms with E-state index in [1.165, 1.54) is 7.11 Å². The predicted octanol–water partition coefficient (Wildman–Crippen LogP) is -0.515. The Morgan fingerprint density at radius 3 is 2.79 bits per heavy atom. The van der Waals surface area contributed by atoms with Crippen molar-refractivity contribution in [1.29, 1.82) is 0 Å². The standard InChI is InChI=1S/C11H16N4O4/c1-7-5-9(13-3-4-19-6-8(12)16)15-10(14-7)11(17)18-2/h5H,3-4,6H2,1-2H3,(H2,12,16)(H,13,14,15). The summed E-state index contributed by atoms with van der Waals surface area (Å²) in [5.74, 6) is -0.652. The summed E-state index contributed by atoms with van der Waals surface area (Å²) in [5, 5.41) is 2.94. The van der Waals surface area contributed by atoms with E-state index in [4.69, 9.17) is 10.5 Å². The number of rotatable bonds is 7. The van der Waals surface area contributed by atoms with Gasteiger partial charge in [0.2, 0.25) is 11.7 Å². The monoisotopic (exact) mass is 268 g/mol. The maximum atomic E-state index is 11.3. The third kappa shape index (κ3) is 5.30. The molecule has 0 bridgehead atoms. The van der Waals surface area contributed by atoms with E-state index in [2.05, 4.69) is 20.0 Å². The Kier molecular flexibility index (Phi) is 5.68. The largest absolute Gasteiger partial charge is 0.463 e. The molecule has 1 aromatic rings. The molecular formula is C11H16N4O4. The average Bonchev–Trinajstić information content (AvgIpc) is 2.36. The quantitative estimate of drug-likeness (QED) is 0.505. The van der Waals surface area contributed by atoms with Gasteiger partial charge in [0.1, 0.15) is 12.4 Å². The van der Waals surface area contributed by atoms with Gasteiger partial charge in [-0.15, -0.1) is 0 Å². The topological polar surface area (TPSA) is 116 Å². The third-order valence-electron chi connectivity index (χ3n) is 2.02. The molecule has 8 nitrogen and oxygen atoms in total. The molecule has 19 heavy (non-hydrogen) atoms. The van der Waals surface area contributed by atoms with Crippen LogP contribution < -0.4 is 11.1 Å². The number of carbonyl (C=O) groups excluding carboxylic acids is 2. The second kappa shape index (κ2) is 7.27. The first-order valence-corrected chi connectivity index (χ1v) is 5.57. The van der Waals surface area contributed by atoms with Crippen molar-refractivity contribution in [2.75, 3.05) is 32.2 Å². The Hall–Kier alpha value is -2.22. The minimum atomic E-state index is -0.600. The van der Waals surface area contributed by atoms with Gasteiger partial charge in [-0.1, -0.05) is 0 Å². The first-order valence-electron chi connectivity index (χ1n) is 5.57. The Morgan fingerprint density at radius 1 is 1.42 bits per heavy atom. The average molecular weight is 268 g/mol. The van der Waals surface area contributed by atoms with Gasteiger partial charge >= 0.3 is 5.97 Å². The number of ether oxygens (including phenoxy) is 2. The Balaban J connectivity index is 2.51. The van der Waals surface area contributed by atoms with Gasteiger partial charge in [0.15, 0.2) is 0 Å². The van der Waals surface area contributed by atoms with Gasteiger partial charge in [0.25, 0.3) is 0 Å². The molecule has 0 saturated heterocycles. The molecule has 0 radical (unpaired) electrons. The lowest BCUT2D eigenvalue weighted by Crippen LogP contribution is -2.21. The molecule has 1 rings (SSSR count). The van der Waals surface area contributed by atoms with E-state index in [0.29, 0.717) is 24.7 Å². The number of nitrogens with zero attached hydrogens (tertiary/aromatic N) is 2. The van der Waals surface area contributed by atoms with Crippen molar-refractivity contribution in [3.63, 3.8) is 0 Å². The fourth-order valence-corrected chi connectivity index (χ4v) is 1.27. The smallest absolute Gasteiger partial charge is 0.376 e. The molecule has 0 atom stereocenters. The van der Waals surface area contributed by atoms with Crippen LogP contribution in [0.3, 0.4) is 0 Å². The van der Waals surface area contributed by atoms with Crippen molar-refractivity contribution in [2.24, 2.45) is 5.73 Å². The molecule has 1 amide bonds. The van der Waals surface area contributed by atoms with Crippen LogP contribution in [0.1, 0.15) is 16.3 Å². The minimum Gasteiger partial charge on any atom is -0.463 e. The van der Waals surface area contributed by atoms with Gasteiger partial charge < -0.3 is 20.5 Å². The zero-order valence-electron chi connectivity index (χ0n) is 10.8. The number of amides is 1. The number of aromatic nitrogens is 2. The van der Waals surface area contributed by atoms with Crippen LogP contribution in [-0.4, -0.2) is 48.7 Å². The molecule has 0 aliphatic rings. The molecule has 0 aliphatic heterocycles. The van der Waals surface area contributed by atoms with Crippen LogP contribution in [0.25, 0.3) is 0 Å². The van der Waals surface area contributed by atoms with Crippen molar-refractivity contribution >= 4 is 17.7 Å². The fourth-order valence-electron chi connectivity index (χ4n) is 1.27. The highest BCUT2D eigenvalue weighted by Crippen LogP contribution is 2.06. The lowest BCUT2D eigenvalue weighted by atomic mass is 10.4. The minimum absolute atomic E-state index is 0.0111. The van der Waals surface area contributed by atoms with E-state index in [0.717, 1.165) is 0 Å². The van der Waals surface area contributed by atoms with Crippen LogP contribution in [0.2, 0.25) is 0 Å². The highest BCUT2D eigenvalue weighted by Gasteiger charge is 2.11. The molecule has 1 heterocycles. The Bertz CT molecular complexity index is 464. The van der Waals surface area contributed by atoms with Crippen LogP contribution in [-0.2, 0) is 14.3 Å². The summed E-state index contributed by atoms with van der Waals surface area (Å²) in [6.07, 6.45) is 0. The Morgan fingerprint density at radius 2 is 2.16 bits per heavy atom. The number of nitrogens with two attached hydrogens (primary N) is 1. The van der Waals surface area contributed by atoms with Crippen molar-refractivity contribution in [3.05, 3.63) is 17.6 Å². The molecular weight excluding hydrogens is 252 g/mol. The first kappa shape index (κ1) is 14.8. The number of primary amides is 1. The molecule has 8 heteroatoms. The van der Waals surface area contributed by atoms with E-state index in [9.17, 15) is 9.59 Å². The lowest BCUT2D eigenvalue weighted by Gasteiger charge is -2.07. The van der Waals surface area contributed by atoms with Crippen LogP contribution >= 0.6 is 0 Å². The first-order chi connectivity index (χ1) is 9.02. The van der Waals surface area contributed by atoms with Crippen molar-refractivity contribution in [2.45, 2.75) is 6.92 Å². The van der Waals surface area contributed by atoms with Crippen LogP contribution in [0.15, 0.2) is 6.07 Å². The zero-order valence-corrected chi connectivity index (χ0v) is 10.8. The number of nitrogens with one attached hydrogen (secondary N) is 1. The normalized spacial score (nSPS) is 10.0. The summed E-state index contributed by atoms with van der Waals surface area (Å²) in [5.41, 5.74) is 5.55. The number of methoxy groups -OCH3 is 1. The SMILES string of the molecule is COC(=O)c1nc(C)cc(NCCOCC(N)=O)n1. The molecule has 3 N–H and O–H groups in total. The summed E-state index contributed by atoms with van der Waals surface area (Å²) >= 11 is 0. The van der Waals surface area contributed by atoms with Crippen LogP contribution in [0.4, 0.5) is 5.82 Å². The summed E-state index contributed by atoms with van der Waals surface area (Å²) in [4.78, 5) is 29.7. The highest BCUT2D eigenvalue weighted by atomic mass is 16.5. The number of hydrogen-bond acceptors (Lipinski definition) is 7. The second-order valence-corrected chi connectivity index (χ2v) is 3.66. The number of aryl methyl sites for hydroxylation is 1. The van der Waals surface area contributed by atoms with Crippen molar-refractivity contribution in [3.8, 4) is 0 Å². The maximum Gasteiger partial charge on any atom is 0.376 e. The molecule has 0 unspecified atom stereocenters. The van der Waals surface area contributed by atoms with Gasteiger partial charge in [-0.3, -0.25) is 4.79 Å². The van der Waals surface area contributed by atoms with Crippen molar-refractivity contribution < 1.29 is 19.1 Å². The summed E-state index contributed by atoms with van der Waals surface area (Å²) in [6.45, 7) is 2.32. The summed E-state index contributed by atoms with van der Waals surface area (Å²) < 4.78 is 9.52. The predicted molar refractivity (Wildman–Crippen MR) is 66.6 cm³/mol. The number of esters is 1.